The number of β-amino-alcohol motifs (C(OH)–C–C–N with tert-alkyl or cyclic N) is 1. The highest BCUT2D eigenvalue weighted by molar-refractivity contribution is 5.27. The second-order valence-electron chi connectivity index (χ2n) is 8.52. The van der Waals surface area contributed by atoms with Crippen LogP contribution in [0.25, 0.3) is 0 Å². The molecule has 0 spiro atoms. The quantitative estimate of drug-likeness (QED) is 0.771. The van der Waals surface area contributed by atoms with Gasteiger partial charge in [-0.3, -0.25) is 14.8 Å². The first-order chi connectivity index (χ1) is 14.1. The van der Waals surface area contributed by atoms with E-state index in [4.69, 9.17) is 4.74 Å². The first-order valence-electron chi connectivity index (χ1n) is 10.6. The fraction of sp³-hybridized carbons (Fsp3) is 0.522. The second-order valence-corrected chi connectivity index (χ2v) is 8.52. The van der Waals surface area contributed by atoms with Crippen molar-refractivity contribution >= 4 is 0 Å². The molecule has 0 saturated carbocycles. The minimum Gasteiger partial charge on any atom is -0.487 e. The van der Waals surface area contributed by atoms with Crippen molar-refractivity contribution < 1.29 is 9.84 Å². The minimum absolute atomic E-state index is 0.478. The van der Waals surface area contributed by atoms with Crippen LogP contribution >= 0.6 is 0 Å². The van der Waals surface area contributed by atoms with Gasteiger partial charge in [-0.2, -0.15) is 0 Å². The van der Waals surface area contributed by atoms with Gasteiger partial charge in [-0.1, -0.05) is 18.2 Å². The molecule has 156 valence electrons. The highest BCUT2D eigenvalue weighted by Crippen LogP contribution is 2.25. The molecule has 1 aromatic heterocycles. The Bertz CT molecular complexity index is 762. The van der Waals surface area contributed by atoms with E-state index in [1.165, 1.54) is 5.56 Å². The maximum absolute atomic E-state index is 11.1. The topological polar surface area (TPSA) is 52.1 Å². The number of piperazine rings is 1. The number of nitrogens with zero attached hydrogens (tertiary/aromatic N) is 4. The van der Waals surface area contributed by atoms with Gasteiger partial charge in [0.05, 0.1) is 11.3 Å². The summed E-state index contributed by atoms with van der Waals surface area (Å²) in [5.74, 6) is 0.854. The lowest BCUT2D eigenvalue weighted by Crippen LogP contribution is -2.51. The average molecular weight is 397 g/mol. The molecule has 0 bridgehead atoms. The zero-order valence-electron chi connectivity index (χ0n) is 17.3. The summed E-state index contributed by atoms with van der Waals surface area (Å²) in [5.41, 5.74) is 1.59. The predicted octanol–water partition coefficient (Wildman–Crippen LogP) is 1.84. The van der Waals surface area contributed by atoms with E-state index in [9.17, 15) is 5.11 Å². The molecule has 0 radical (unpaired) electrons. The number of rotatable bonds is 7. The molecule has 0 aliphatic carbocycles. The average Bonchev–Trinajstić information content (AvgIpc) is 3.10. The van der Waals surface area contributed by atoms with Gasteiger partial charge in [-0.15, -0.1) is 0 Å². The number of hydrogen-bond acceptors (Lipinski definition) is 6. The number of likely N-dealkylation sites (N-methyl/N-ethyl adjacent to an activating group) is 1. The van der Waals surface area contributed by atoms with Gasteiger partial charge in [-0.25, -0.2) is 0 Å². The molecule has 1 N–H and O–H groups in total. The molecule has 2 aliphatic heterocycles. The van der Waals surface area contributed by atoms with Gasteiger partial charge in [0.15, 0.2) is 0 Å². The van der Waals surface area contributed by atoms with E-state index in [-0.39, 0.29) is 0 Å². The van der Waals surface area contributed by atoms with Gasteiger partial charge in [-0.05, 0) is 43.3 Å². The van der Waals surface area contributed by atoms with Crippen molar-refractivity contribution in [1.82, 2.24) is 19.7 Å². The Morgan fingerprint density at radius 3 is 2.52 bits per heavy atom. The lowest BCUT2D eigenvalue weighted by Gasteiger charge is -2.36. The number of aliphatic hydroxyl groups is 1. The van der Waals surface area contributed by atoms with Gasteiger partial charge >= 0.3 is 0 Å². The maximum Gasteiger partial charge on any atom is 0.130 e. The Hall–Kier alpha value is -1.99. The second kappa shape index (κ2) is 9.22. The molecule has 6 heteroatoms. The summed E-state index contributed by atoms with van der Waals surface area (Å²) in [6.07, 6.45) is 2.63. The third kappa shape index (κ3) is 5.76. The van der Waals surface area contributed by atoms with Gasteiger partial charge in [0.1, 0.15) is 12.4 Å². The molecule has 1 aromatic carbocycles. The zero-order chi connectivity index (χ0) is 20.1. The molecule has 2 aliphatic rings. The van der Waals surface area contributed by atoms with Crippen LogP contribution in [0.15, 0.2) is 48.7 Å². The molecule has 6 nitrogen and oxygen atoms in total. The largest absolute Gasteiger partial charge is 0.487 e. The van der Waals surface area contributed by atoms with Crippen LogP contribution in [0.4, 0.5) is 0 Å². The van der Waals surface area contributed by atoms with Crippen LogP contribution in [0.1, 0.15) is 17.7 Å². The monoisotopic (exact) mass is 396 g/mol. The fourth-order valence-electron chi connectivity index (χ4n) is 4.22. The first kappa shape index (κ1) is 20.3. The summed E-state index contributed by atoms with van der Waals surface area (Å²) in [6.45, 7) is 8.12. The van der Waals surface area contributed by atoms with Gasteiger partial charge in [0.25, 0.3) is 0 Å². The summed E-state index contributed by atoms with van der Waals surface area (Å²) < 4.78 is 5.82. The molecule has 2 fully saturated rings. The van der Waals surface area contributed by atoms with Crippen molar-refractivity contribution in [3.63, 3.8) is 0 Å². The van der Waals surface area contributed by atoms with Gasteiger partial charge in [0.2, 0.25) is 0 Å². The number of benzene rings is 1. The van der Waals surface area contributed by atoms with Crippen LogP contribution in [0, 0.1) is 0 Å². The minimum atomic E-state index is -0.582. The molecule has 2 aromatic rings. The van der Waals surface area contributed by atoms with Crippen molar-refractivity contribution in [2.75, 3.05) is 52.9 Å². The number of hydrogen-bond donors (Lipinski definition) is 1. The number of ether oxygens (including phenoxy) is 1. The Balaban J connectivity index is 1.24. The van der Waals surface area contributed by atoms with Crippen LogP contribution in [-0.4, -0.2) is 83.3 Å². The summed E-state index contributed by atoms with van der Waals surface area (Å²) in [7, 11) is 2.16. The smallest absolute Gasteiger partial charge is 0.130 e. The Labute approximate surface area is 173 Å². The lowest BCUT2D eigenvalue weighted by molar-refractivity contribution is -0.000370. The summed E-state index contributed by atoms with van der Waals surface area (Å²) in [5, 5.41) is 11.1. The third-order valence-electron chi connectivity index (χ3n) is 5.97. The van der Waals surface area contributed by atoms with Crippen molar-refractivity contribution in [3.05, 3.63) is 59.9 Å². The summed E-state index contributed by atoms with van der Waals surface area (Å²) in [4.78, 5) is 11.4. The van der Waals surface area contributed by atoms with Gasteiger partial charge < -0.3 is 14.7 Å². The van der Waals surface area contributed by atoms with Crippen LogP contribution in [0.2, 0.25) is 0 Å². The Kier molecular flexibility index (Phi) is 6.45. The normalized spacial score (nSPS) is 24.1. The zero-order valence-corrected chi connectivity index (χ0v) is 17.3. The standard InChI is InChI=1S/C23H32N4O2/c1-25-12-14-26(15-13-25)18-23(28)9-11-27(19-23)16-20-5-7-22(8-6-20)29-17-21-4-2-3-10-24-21/h2-8,10,28H,9,11-19H2,1H3/t23-/m1/s1. The van der Waals surface area contributed by atoms with E-state index in [0.29, 0.717) is 6.61 Å². The highest BCUT2D eigenvalue weighted by Gasteiger charge is 2.37. The molecule has 29 heavy (non-hydrogen) atoms. The van der Waals surface area contributed by atoms with Crippen LogP contribution in [0.3, 0.4) is 0 Å². The van der Waals surface area contributed by atoms with E-state index in [2.05, 4.69) is 38.9 Å². The number of likely N-dealkylation sites (tertiary alicyclic amines) is 1. The Morgan fingerprint density at radius 1 is 1.00 bits per heavy atom. The summed E-state index contributed by atoms with van der Waals surface area (Å²) in [6, 6.07) is 14.1. The molecule has 0 unspecified atom stereocenters. The van der Waals surface area contributed by atoms with E-state index in [1.807, 2.05) is 30.3 Å². The third-order valence-corrected chi connectivity index (χ3v) is 5.97. The molecular formula is C23H32N4O2. The van der Waals surface area contributed by atoms with Crippen molar-refractivity contribution in [3.8, 4) is 5.75 Å². The van der Waals surface area contributed by atoms with E-state index < -0.39 is 5.60 Å². The Morgan fingerprint density at radius 2 is 1.79 bits per heavy atom. The van der Waals surface area contributed by atoms with E-state index >= 15 is 0 Å². The predicted molar refractivity (Wildman–Crippen MR) is 114 cm³/mol. The van der Waals surface area contributed by atoms with Crippen molar-refractivity contribution in [1.29, 1.82) is 0 Å². The molecule has 2 saturated heterocycles. The van der Waals surface area contributed by atoms with Crippen LogP contribution < -0.4 is 4.74 Å². The van der Waals surface area contributed by atoms with Crippen LogP contribution in [0.5, 0.6) is 5.75 Å². The van der Waals surface area contributed by atoms with Crippen molar-refractivity contribution in [2.24, 2.45) is 0 Å². The fourth-order valence-corrected chi connectivity index (χ4v) is 4.22. The summed E-state index contributed by atoms with van der Waals surface area (Å²) >= 11 is 0. The van der Waals surface area contributed by atoms with Crippen LogP contribution in [-0.2, 0) is 13.2 Å². The number of pyridine rings is 1. The SMILES string of the molecule is CN1CCN(C[C@]2(O)CCN(Cc3ccc(OCc4ccccn4)cc3)C2)CC1. The lowest BCUT2D eigenvalue weighted by atomic mass is 10.0. The molecule has 1 atom stereocenters. The highest BCUT2D eigenvalue weighted by atomic mass is 16.5. The number of aromatic nitrogens is 1. The molecular weight excluding hydrogens is 364 g/mol. The first-order valence-corrected chi connectivity index (χ1v) is 10.6. The van der Waals surface area contributed by atoms with E-state index in [0.717, 1.165) is 70.2 Å². The molecule has 3 heterocycles. The van der Waals surface area contributed by atoms with Crippen molar-refractivity contribution in [2.45, 2.75) is 25.2 Å². The van der Waals surface area contributed by atoms with Gasteiger partial charge in [0, 0.05) is 58.6 Å². The maximum atomic E-state index is 11.1. The molecule has 0 amide bonds. The molecule has 4 rings (SSSR count). The van der Waals surface area contributed by atoms with E-state index in [1.54, 1.807) is 6.20 Å².